The Morgan fingerprint density at radius 2 is 1.70 bits per heavy atom. The van der Waals surface area contributed by atoms with E-state index in [1.54, 1.807) is 0 Å². The molecule has 0 aliphatic rings. The minimum absolute atomic E-state index is 0.217. The van der Waals surface area contributed by atoms with Crippen LogP contribution in [0.3, 0.4) is 0 Å². The first-order valence-corrected chi connectivity index (χ1v) is 8.39. The number of carbonyl (C=O) groups is 2. The molecule has 1 aromatic carbocycles. The third-order valence-corrected chi connectivity index (χ3v) is 3.92. The van der Waals surface area contributed by atoms with Gasteiger partial charge in [0.2, 0.25) is 5.91 Å². The molecule has 0 aromatic heterocycles. The Balaban J connectivity index is 2.45. The Kier molecular flexibility index (Phi) is 8.98. The average Bonchev–Trinajstić information content (AvgIpc) is 2.55. The second-order valence-corrected chi connectivity index (χ2v) is 5.86. The smallest absolute Gasteiger partial charge is 0.328 e. The van der Waals surface area contributed by atoms with Crippen molar-refractivity contribution in [2.24, 2.45) is 5.84 Å². The van der Waals surface area contributed by atoms with E-state index in [0.29, 0.717) is 6.42 Å². The van der Waals surface area contributed by atoms with Crippen LogP contribution < -0.4 is 5.84 Å². The number of nitrogens with two attached hydrogens (primary N) is 1. The number of hydrazine groups is 1. The second kappa shape index (κ2) is 10.8. The summed E-state index contributed by atoms with van der Waals surface area (Å²) >= 11 is 0. The number of rotatable bonds is 11. The number of amides is 1. The van der Waals surface area contributed by atoms with E-state index in [1.165, 1.54) is 19.3 Å². The molecule has 0 radical (unpaired) electrons. The molecule has 1 amide bonds. The van der Waals surface area contributed by atoms with Gasteiger partial charge in [-0.05, 0) is 12.0 Å². The van der Waals surface area contributed by atoms with E-state index in [2.05, 4.69) is 6.92 Å². The van der Waals surface area contributed by atoms with Gasteiger partial charge in [-0.25, -0.2) is 10.6 Å². The summed E-state index contributed by atoms with van der Waals surface area (Å²) in [6.45, 7) is 2.16. The summed E-state index contributed by atoms with van der Waals surface area (Å²) in [5.74, 6) is 4.40. The van der Waals surface area contributed by atoms with Gasteiger partial charge in [-0.2, -0.15) is 0 Å². The summed E-state index contributed by atoms with van der Waals surface area (Å²) in [5.41, 5.74) is 0.850. The molecule has 1 unspecified atom stereocenters. The van der Waals surface area contributed by atoms with Crippen LogP contribution in [0, 0.1) is 0 Å². The summed E-state index contributed by atoms with van der Waals surface area (Å²) in [5, 5.41) is 10.2. The number of hydrogen-bond acceptors (Lipinski definition) is 3. The Labute approximate surface area is 138 Å². The maximum Gasteiger partial charge on any atom is 0.328 e. The molecule has 3 N–H and O–H groups in total. The molecule has 0 aliphatic heterocycles. The molecule has 1 atom stereocenters. The SMILES string of the molecule is CCCCCCCCC(=O)N(N)C(Cc1ccccc1)C(=O)O. The van der Waals surface area contributed by atoms with Crippen molar-refractivity contribution < 1.29 is 14.7 Å². The highest BCUT2D eigenvalue weighted by molar-refractivity contribution is 5.83. The van der Waals surface area contributed by atoms with Crippen molar-refractivity contribution in [3.63, 3.8) is 0 Å². The third-order valence-electron chi connectivity index (χ3n) is 3.92. The second-order valence-electron chi connectivity index (χ2n) is 5.86. The molecular weight excluding hydrogens is 292 g/mol. The van der Waals surface area contributed by atoms with E-state index in [-0.39, 0.29) is 12.3 Å². The molecule has 23 heavy (non-hydrogen) atoms. The molecule has 0 aliphatic carbocycles. The van der Waals surface area contributed by atoms with Gasteiger partial charge in [-0.3, -0.25) is 9.80 Å². The highest BCUT2D eigenvalue weighted by Gasteiger charge is 2.27. The molecule has 1 aromatic rings. The Morgan fingerprint density at radius 1 is 1.09 bits per heavy atom. The fourth-order valence-corrected chi connectivity index (χ4v) is 2.50. The van der Waals surface area contributed by atoms with Gasteiger partial charge in [0.05, 0.1) is 0 Å². The molecule has 5 nitrogen and oxygen atoms in total. The first-order valence-electron chi connectivity index (χ1n) is 8.39. The predicted octanol–water partition coefficient (Wildman–Crippen LogP) is 3.14. The van der Waals surface area contributed by atoms with Crippen LogP contribution in [0.5, 0.6) is 0 Å². The Hall–Kier alpha value is -1.88. The fraction of sp³-hybridized carbons (Fsp3) is 0.556. The molecule has 0 fully saturated rings. The van der Waals surface area contributed by atoms with Crippen molar-refractivity contribution in [1.82, 2.24) is 5.01 Å². The van der Waals surface area contributed by atoms with Gasteiger partial charge in [0.1, 0.15) is 6.04 Å². The lowest BCUT2D eigenvalue weighted by atomic mass is 10.0. The van der Waals surface area contributed by atoms with E-state index in [9.17, 15) is 14.7 Å². The van der Waals surface area contributed by atoms with Crippen molar-refractivity contribution in [1.29, 1.82) is 0 Å². The van der Waals surface area contributed by atoms with Crippen LogP contribution in [0.1, 0.15) is 57.4 Å². The van der Waals surface area contributed by atoms with Crippen molar-refractivity contribution in [3.8, 4) is 0 Å². The minimum atomic E-state index is -1.08. The lowest BCUT2D eigenvalue weighted by Crippen LogP contribution is -2.50. The van der Waals surface area contributed by atoms with Gasteiger partial charge in [0, 0.05) is 12.8 Å². The maximum atomic E-state index is 12.1. The first kappa shape index (κ1) is 19.2. The van der Waals surface area contributed by atoms with Gasteiger partial charge in [-0.15, -0.1) is 0 Å². The largest absolute Gasteiger partial charge is 0.480 e. The number of aliphatic carboxylic acids is 1. The fourth-order valence-electron chi connectivity index (χ4n) is 2.50. The summed E-state index contributed by atoms with van der Waals surface area (Å²) in [6, 6.07) is 8.19. The zero-order valence-corrected chi connectivity index (χ0v) is 13.9. The highest BCUT2D eigenvalue weighted by atomic mass is 16.4. The lowest BCUT2D eigenvalue weighted by molar-refractivity contribution is -0.150. The van der Waals surface area contributed by atoms with Gasteiger partial charge < -0.3 is 5.11 Å². The van der Waals surface area contributed by atoms with Crippen LogP contribution in [0.25, 0.3) is 0 Å². The molecule has 0 saturated carbocycles. The maximum absolute atomic E-state index is 12.1. The van der Waals surface area contributed by atoms with Gasteiger partial charge >= 0.3 is 5.97 Å². The van der Waals surface area contributed by atoms with Crippen LogP contribution in [-0.4, -0.2) is 28.0 Å². The number of hydrogen-bond donors (Lipinski definition) is 2. The summed E-state index contributed by atoms with van der Waals surface area (Å²) < 4.78 is 0. The van der Waals surface area contributed by atoms with Crippen LogP contribution in [0.15, 0.2) is 30.3 Å². The van der Waals surface area contributed by atoms with Crippen LogP contribution in [0.2, 0.25) is 0 Å². The Bertz CT molecular complexity index is 476. The average molecular weight is 320 g/mol. The van der Waals surface area contributed by atoms with E-state index in [0.717, 1.165) is 29.8 Å². The number of unbranched alkanes of at least 4 members (excludes halogenated alkanes) is 5. The Morgan fingerprint density at radius 3 is 2.30 bits per heavy atom. The van der Waals surface area contributed by atoms with Gasteiger partial charge in [0.15, 0.2) is 0 Å². The molecule has 0 heterocycles. The summed E-state index contributed by atoms with van der Waals surface area (Å²) in [6.07, 6.45) is 6.96. The molecule has 5 heteroatoms. The molecule has 128 valence electrons. The number of carbonyl (C=O) groups excluding carboxylic acids is 1. The van der Waals surface area contributed by atoms with Crippen molar-refractivity contribution in [2.75, 3.05) is 0 Å². The molecule has 0 bridgehead atoms. The monoisotopic (exact) mass is 320 g/mol. The first-order chi connectivity index (χ1) is 11.1. The normalized spacial score (nSPS) is 11.9. The van der Waals surface area contributed by atoms with E-state index >= 15 is 0 Å². The molecular formula is C18H28N2O3. The number of benzene rings is 1. The van der Waals surface area contributed by atoms with Crippen LogP contribution >= 0.6 is 0 Å². The topological polar surface area (TPSA) is 83.6 Å². The van der Waals surface area contributed by atoms with Crippen molar-refractivity contribution >= 4 is 11.9 Å². The summed E-state index contributed by atoms with van der Waals surface area (Å²) in [4.78, 5) is 23.5. The summed E-state index contributed by atoms with van der Waals surface area (Å²) in [7, 11) is 0. The molecule has 1 rings (SSSR count). The van der Waals surface area contributed by atoms with E-state index in [4.69, 9.17) is 5.84 Å². The number of carboxylic acids is 1. The van der Waals surface area contributed by atoms with E-state index in [1.807, 2.05) is 30.3 Å². The zero-order chi connectivity index (χ0) is 17.1. The van der Waals surface area contributed by atoms with Gasteiger partial charge in [0.25, 0.3) is 0 Å². The third kappa shape index (κ3) is 7.28. The van der Waals surface area contributed by atoms with Crippen LogP contribution in [-0.2, 0) is 16.0 Å². The van der Waals surface area contributed by atoms with Crippen molar-refractivity contribution in [3.05, 3.63) is 35.9 Å². The lowest BCUT2D eigenvalue weighted by Gasteiger charge is -2.24. The molecule has 0 spiro atoms. The predicted molar refractivity (Wildman–Crippen MR) is 90.6 cm³/mol. The minimum Gasteiger partial charge on any atom is -0.480 e. The van der Waals surface area contributed by atoms with Gasteiger partial charge in [-0.1, -0.05) is 69.4 Å². The number of nitrogens with zero attached hydrogens (tertiary/aromatic N) is 1. The standard InChI is InChI=1S/C18H28N2O3/c1-2-3-4-5-6-10-13-17(21)20(19)16(18(22)23)14-15-11-8-7-9-12-15/h7-9,11-12,16H,2-6,10,13-14,19H2,1H3,(H,22,23). The number of carboxylic acid groups (broad SMARTS) is 1. The van der Waals surface area contributed by atoms with Crippen LogP contribution in [0.4, 0.5) is 0 Å². The zero-order valence-electron chi connectivity index (χ0n) is 13.9. The highest BCUT2D eigenvalue weighted by Crippen LogP contribution is 2.11. The van der Waals surface area contributed by atoms with Crippen molar-refractivity contribution in [2.45, 2.75) is 64.3 Å². The van der Waals surface area contributed by atoms with E-state index < -0.39 is 12.0 Å². The quantitative estimate of drug-likeness (QED) is 0.284. The molecule has 0 saturated heterocycles.